The minimum absolute atomic E-state index is 0.270. The molecule has 0 spiro atoms. The van der Waals surface area contributed by atoms with Crippen molar-refractivity contribution in [3.05, 3.63) is 11.6 Å². The van der Waals surface area contributed by atoms with E-state index in [9.17, 15) is 0 Å². The fourth-order valence-corrected chi connectivity index (χ4v) is 1.89. The SMILES string of the molecule is CC(C)=CCN1CCCNC(C)(C)C1. The lowest BCUT2D eigenvalue weighted by Gasteiger charge is -2.29. The van der Waals surface area contributed by atoms with Crippen LogP contribution in [0.5, 0.6) is 0 Å². The summed E-state index contributed by atoms with van der Waals surface area (Å²) >= 11 is 0. The van der Waals surface area contributed by atoms with Crippen LogP contribution in [0.4, 0.5) is 0 Å². The molecule has 0 aromatic carbocycles. The molecular weight excluding hydrogens is 172 g/mol. The van der Waals surface area contributed by atoms with E-state index in [1.165, 1.54) is 18.5 Å². The molecule has 0 aromatic heterocycles. The zero-order valence-electron chi connectivity index (χ0n) is 10.1. The Bertz CT molecular complexity index is 202. The van der Waals surface area contributed by atoms with E-state index in [4.69, 9.17) is 0 Å². The lowest BCUT2D eigenvalue weighted by atomic mass is 10.1. The van der Waals surface area contributed by atoms with Crippen LogP contribution in [0, 0.1) is 0 Å². The topological polar surface area (TPSA) is 15.3 Å². The molecule has 0 amide bonds. The van der Waals surface area contributed by atoms with Gasteiger partial charge in [0.25, 0.3) is 0 Å². The Morgan fingerprint density at radius 2 is 2.14 bits per heavy atom. The Hall–Kier alpha value is -0.340. The molecule has 1 fully saturated rings. The van der Waals surface area contributed by atoms with Crippen LogP contribution in [0.15, 0.2) is 11.6 Å². The van der Waals surface area contributed by atoms with Gasteiger partial charge in [0.05, 0.1) is 0 Å². The first-order valence-corrected chi connectivity index (χ1v) is 5.60. The molecule has 2 nitrogen and oxygen atoms in total. The van der Waals surface area contributed by atoms with Crippen molar-refractivity contribution in [3.63, 3.8) is 0 Å². The van der Waals surface area contributed by atoms with Gasteiger partial charge in [0.2, 0.25) is 0 Å². The first kappa shape index (κ1) is 11.7. The standard InChI is InChI=1S/C12H24N2/c1-11(2)6-9-14-8-5-7-13-12(3,4)10-14/h6,13H,5,7-10H2,1-4H3. The summed E-state index contributed by atoms with van der Waals surface area (Å²) in [4.78, 5) is 2.53. The zero-order chi connectivity index (χ0) is 10.6. The summed E-state index contributed by atoms with van der Waals surface area (Å²) in [5, 5.41) is 3.58. The van der Waals surface area contributed by atoms with Gasteiger partial charge in [-0.2, -0.15) is 0 Å². The molecule has 82 valence electrons. The second-order valence-electron chi connectivity index (χ2n) is 5.18. The molecule has 1 rings (SSSR count). The van der Waals surface area contributed by atoms with Crippen molar-refractivity contribution in [2.45, 2.75) is 39.7 Å². The van der Waals surface area contributed by atoms with E-state index in [-0.39, 0.29) is 5.54 Å². The highest BCUT2D eigenvalue weighted by atomic mass is 15.2. The van der Waals surface area contributed by atoms with Crippen LogP contribution in [0.25, 0.3) is 0 Å². The Kier molecular flexibility index (Phi) is 4.14. The van der Waals surface area contributed by atoms with Crippen molar-refractivity contribution in [2.75, 3.05) is 26.2 Å². The van der Waals surface area contributed by atoms with E-state index >= 15 is 0 Å². The van der Waals surface area contributed by atoms with Crippen LogP contribution in [-0.2, 0) is 0 Å². The third kappa shape index (κ3) is 4.25. The molecule has 1 N–H and O–H groups in total. The van der Waals surface area contributed by atoms with Crippen molar-refractivity contribution < 1.29 is 0 Å². The van der Waals surface area contributed by atoms with Gasteiger partial charge in [0.1, 0.15) is 0 Å². The summed E-state index contributed by atoms with van der Waals surface area (Å²) in [7, 11) is 0. The number of allylic oxidation sites excluding steroid dienone is 1. The number of hydrogen-bond donors (Lipinski definition) is 1. The third-order valence-electron chi connectivity index (χ3n) is 2.63. The Balaban J connectivity index is 2.47. The minimum atomic E-state index is 0.270. The fourth-order valence-electron chi connectivity index (χ4n) is 1.89. The van der Waals surface area contributed by atoms with Gasteiger partial charge in [-0.05, 0) is 47.2 Å². The number of nitrogens with zero attached hydrogens (tertiary/aromatic N) is 1. The molecule has 0 bridgehead atoms. The summed E-state index contributed by atoms with van der Waals surface area (Å²) in [5.74, 6) is 0. The zero-order valence-corrected chi connectivity index (χ0v) is 10.1. The number of rotatable bonds is 2. The van der Waals surface area contributed by atoms with Gasteiger partial charge in [-0.25, -0.2) is 0 Å². The van der Waals surface area contributed by atoms with Gasteiger partial charge in [-0.3, -0.25) is 4.90 Å². The summed E-state index contributed by atoms with van der Waals surface area (Å²) in [6.45, 7) is 13.5. The van der Waals surface area contributed by atoms with Crippen LogP contribution in [-0.4, -0.2) is 36.6 Å². The van der Waals surface area contributed by atoms with E-state index in [2.05, 4.69) is 44.0 Å². The van der Waals surface area contributed by atoms with Crippen molar-refractivity contribution in [2.24, 2.45) is 0 Å². The average Bonchev–Trinajstić information content (AvgIpc) is 2.22. The highest BCUT2D eigenvalue weighted by molar-refractivity contribution is 4.96. The smallest absolute Gasteiger partial charge is 0.0252 e. The summed E-state index contributed by atoms with van der Waals surface area (Å²) in [5.41, 5.74) is 1.69. The van der Waals surface area contributed by atoms with Crippen molar-refractivity contribution in [3.8, 4) is 0 Å². The fraction of sp³-hybridized carbons (Fsp3) is 0.833. The van der Waals surface area contributed by atoms with Crippen LogP contribution in [0.2, 0.25) is 0 Å². The molecule has 1 heterocycles. The van der Waals surface area contributed by atoms with E-state index in [0.717, 1.165) is 19.6 Å². The van der Waals surface area contributed by atoms with Crippen LogP contribution in [0.1, 0.15) is 34.1 Å². The molecule has 0 aromatic rings. The normalized spacial score (nSPS) is 22.9. The van der Waals surface area contributed by atoms with Crippen LogP contribution >= 0.6 is 0 Å². The Morgan fingerprint density at radius 3 is 2.79 bits per heavy atom. The van der Waals surface area contributed by atoms with Gasteiger partial charge < -0.3 is 5.32 Å². The van der Waals surface area contributed by atoms with Crippen LogP contribution < -0.4 is 5.32 Å². The molecule has 14 heavy (non-hydrogen) atoms. The number of nitrogens with one attached hydrogen (secondary N) is 1. The maximum atomic E-state index is 3.58. The molecule has 0 atom stereocenters. The Labute approximate surface area is 88.4 Å². The first-order valence-electron chi connectivity index (χ1n) is 5.60. The van der Waals surface area contributed by atoms with Crippen LogP contribution in [0.3, 0.4) is 0 Å². The van der Waals surface area contributed by atoms with E-state index in [0.29, 0.717) is 0 Å². The van der Waals surface area contributed by atoms with Crippen molar-refractivity contribution in [1.82, 2.24) is 10.2 Å². The minimum Gasteiger partial charge on any atom is -0.310 e. The maximum Gasteiger partial charge on any atom is 0.0252 e. The maximum absolute atomic E-state index is 3.58. The average molecular weight is 196 g/mol. The quantitative estimate of drug-likeness (QED) is 0.680. The Morgan fingerprint density at radius 1 is 1.43 bits per heavy atom. The number of hydrogen-bond acceptors (Lipinski definition) is 2. The van der Waals surface area contributed by atoms with Gasteiger partial charge in [-0.1, -0.05) is 11.6 Å². The molecular formula is C12H24N2. The first-order chi connectivity index (χ1) is 6.49. The molecule has 1 aliphatic rings. The summed E-state index contributed by atoms with van der Waals surface area (Å²) in [6.07, 6.45) is 3.58. The molecule has 0 aliphatic carbocycles. The van der Waals surface area contributed by atoms with Crippen molar-refractivity contribution in [1.29, 1.82) is 0 Å². The second-order valence-corrected chi connectivity index (χ2v) is 5.18. The van der Waals surface area contributed by atoms with Gasteiger partial charge in [-0.15, -0.1) is 0 Å². The van der Waals surface area contributed by atoms with Gasteiger partial charge >= 0.3 is 0 Å². The monoisotopic (exact) mass is 196 g/mol. The molecule has 0 unspecified atom stereocenters. The highest BCUT2D eigenvalue weighted by Crippen LogP contribution is 2.10. The lowest BCUT2D eigenvalue weighted by Crippen LogP contribution is -2.46. The highest BCUT2D eigenvalue weighted by Gasteiger charge is 2.22. The molecule has 0 saturated carbocycles. The predicted octanol–water partition coefficient (Wildman–Crippen LogP) is 2.03. The summed E-state index contributed by atoms with van der Waals surface area (Å²) in [6, 6.07) is 0. The summed E-state index contributed by atoms with van der Waals surface area (Å²) < 4.78 is 0. The van der Waals surface area contributed by atoms with E-state index in [1.54, 1.807) is 0 Å². The van der Waals surface area contributed by atoms with E-state index < -0.39 is 0 Å². The molecule has 1 aliphatic heterocycles. The molecule has 2 heteroatoms. The second kappa shape index (κ2) is 4.94. The predicted molar refractivity (Wildman–Crippen MR) is 62.6 cm³/mol. The van der Waals surface area contributed by atoms with Gasteiger partial charge in [0.15, 0.2) is 0 Å². The molecule has 0 radical (unpaired) electrons. The van der Waals surface area contributed by atoms with Gasteiger partial charge in [0, 0.05) is 18.6 Å². The molecule has 1 saturated heterocycles. The third-order valence-corrected chi connectivity index (χ3v) is 2.63. The van der Waals surface area contributed by atoms with Crippen molar-refractivity contribution >= 4 is 0 Å². The van der Waals surface area contributed by atoms with E-state index in [1.807, 2.05) is 0 Å². The largest absolute Gasteiger partial charge is 0.310 e. The lowest BCUT2D eigenvalue weighted by molar-refractivity contribution is 0.251.